The fourth-order valence-electron chi connectivity index (χ4n) is 2.79. The van der Waals surface area contributed by atoms with Crippen molar-refractivity contribution in [1.82, 2.24) is 9.97 Å². The predicted octanol–water partition coefficient (Wildman–Crippen LogP) is 3.67. The van der Waals surface area contributed by atoms with Crippen LogP contribution in [0.3, 0.4) is 0 Å². The normalized spacial score (nSPS) is 13.3. The fourth-order valence-corrected chi connectivity index (χ4v) is 2.79. The number of nitro groups is 1. The summed E-state index contributed by atoms with van der Waals surface area (Å²) >= 11 is 0. The number of nitro benzene ring substituents is 1. The molecule has 0 radical (unpaired) electrons. The zero-order chi connectivity index (χ0) is 20.8. The van der Waals surface area contributed by atoms with E-state index < -0.39 is 10.9 Å². The van der Waals surface area contributed by atoms with Crippen LogP contribution in [0.25, 0.3) is 6.08 Å². The Kier molecular flexibility index (Phi) is 6.38. The average molecular weight is 398 g/mol. The molecular formula is C20H22N4O5. The van der Waals surface area contributed by atoms with Crippen molar-refractivity contribution < 1.29 is 19.2 Å². The number of para-hydroxylation sites is 1. The highest BCUT2D eigenvalue weighted by atomic mass is 16.6. The number of rotatable bonds is 9. The Morgan fingerprint density at radius 2 is 2.10 bits per heavy atom. The van der Waals surface area contributed by atoms with Gasteiger partial charge in [-0.2, -0.15) is 0 Å². The smallest absolute Gasteiger partial charge is 0.357 e. The summed E-state index contributed by atoms with van der Waals surface area (Å²) in [6, 6.07) is 6.46. The zero-order valence-corrected chi connectivity index (χ0v) is 16.3. The average Bonchev–Trinajstić information content (AvgIpc) is 3.57. The first-order valence-electron chi connectivity index (χ1n) is 9.29. The summed E-state index contributed by atoms with van der Waals surface area (Å²) < 4.78 is 10.1. The maximum absolute atomic E-state index is 12.3. The molecule has 0 bridgehead atoms. The van der Waals surface area contributed by atoms with Crippen LogP contribution in [0.2, 0.25) is 0 Å². The number of ether oxygens (including phenoxy) is 2. The first kappa shape index (κ1) is 20.2. The van der Waals surface area contributed by atoms with Crippen LogP contribution >= 0.6 is 0 Å². The van der Waals surface area contributed by atoms with Gasteiger partial charge in [0.2, 0.25) is 0 Å². The number of nitrogens with zero attached hydrogens (tertiary/aromatic N) is 3. The van der Waals surface area contributed by atoms with E-state index in [1.54, 1.807) is 24.3 Å². The molecule has 3 rings (SSSR count). The van der Waals surface area contributed by atoms with E-state index in [1.165, 1.54) is 19.4 Å². The van der Waals surface area contributed by atoms with Crippen LogP contribution in [0.1, 0.15) is 53.1 Å². The third-order valence-electron chi connectivity index (χ3n) is 4.42. The Labute approximate surface area is 167 Å². The molecule has 1 aliphatic carbocycles. The summed E-state index contributed by atoms with van der Waals surface area (Å²) in [5.74, 6) is 0.578. The number of benzene rings is 1. The van der Waals surface area contributed by atoms with Crippen LogP contribution in [0.5, 0.6) is 0 Å². The SMILES string of the molecule is CCOC=Cc1c(NCc2ccccc2[N+](=O)[O-])nc(C2CC2)nc1C(=O)OC. The van der Waals surface area contributed by atoms with Crippen LogP contribution in [-0.2, 0) is 16.0 Å². The van der Waals surface area contributed by atoms with E-state index in [4.69, 9.17) is 9.47 Å². The van der Waals surface area contributed by atoms with Crippen molar-refractivity contribution in [3.63, 3.8) is 0 Å². The van der Waals surface area contributed by atoms with E-state index in [9.17, 15) is 14.9 Å². The lowest BCUT2D eigenvalue weighted by Gasteiger charge is -2.14. The lowest BCUT2D eigenvalue weighted by atomic mass is 10.1. The Balaban J connectivity index is 2.00. The summed E-state index contributed by atoms with van der Waals surface area (Å²) in [4.78, 5) is 32.1. The molecule has 1 aliphatic rings. The van der Waals surface area contributed by atoms with Crippen molar-refractivity contribution in [2.45, 2.75) is 32.2 Å². The third-order valence-corrected chi connectivity index (χ3v) is 4.42. The Morgan fingerprint density at radius 3 is 2.76 bits per heavy atom. The number of methoxy groups -OCH3 is 1. The Hall–Kier alpha value is -3.49. The molecular weight excluding hydrogens is 376 g/mol. The molecule has 1 N–H and O–H groups in total. The van der Waals surface area contributed by atoms with Crippen molar-refractivity contribution >= 4 is 23.6 Å². The number of hydrogen-bond donors (Lipinski definition) is 1. The number of esters is 1. The van der Waals surface area contributed by atoms with Crippen LogP contribution in [0, 0.1) is 10.1 Å². The Bertz CT molecular complexity index is 940. The minimum Gasteiger partial charge on any atom is -0.501 e. The monoisotopic (exact) mass is 398 g/mol. The van der Waals surface area contributed by atoms with Crippen LogP contribution < -0.4 is 5.32 Å². The molecule has 1 fully saturated rings. The van der Waals surface area contributed by atoms with Gasteiger partial charge in [-0.15, -0.1) is 0 Å². The third kappa shape index (κ3) is 4.87. The second-order valence-electron chi connectivity index (χ2n) is 6.46. The van der Waals surface area contributed by atoms with E-state index in [0.717, 1.165) is 12.8 Å². The van der Waals surface area contributed by atoms with Gasteiger partial charge >= 0.3 is 5.97 Å². The second-order valence-corrected chi connectivity index (χ2v) is 6.46. The van der Waals surface area contributed by atoms with Crippen LogP contribution in [0.15, 0.2) is 30.5 Å². The minimum absolute atomic E-state index is 0.0103. The number of anilines is 1. The summed E-state index contributed by atoms with van der Waals surface area (Å²) in [7, 11) is 1.29. The van der Waals surface area contributed by atoms with Crippen LogP contribution in [0.4, 0.5) is 11.5 Å². The predicted molar refractivity (Wildman–Crippen MR) is 106 cm³/mol. The lowest BCUT2D eigenvalue weighted by Crippen LogP contribution is -2.14. The number of carbonyl (C=O) groups is 1. The first-order chi connectivity index (χ1) is 14.0. The van der Waals surface area contributed by atoms with Crippen molar-refractivity contribution in [1.29, 1.82) is 0 Å². The van der Waals surface area contributed by atoms with Crippen molar-refractivity contribution in [3.05, 3.63) is 63.3 Å². The quantitative estimate of drug-likeness (QED) is 0.294. The standard InChI is InChI=1S/C20H22N4O5/c1-3-29-11-10-15-17(20(25)28-2)22-18(13-8-9-13)23-19(15)21-12-14-6-4-5-7-16(14)24(26)27/h4-7,10-11,13H,3,8-9,12H2,1-2H3,(H,21,22,23). The summed E-state index contributed by atoms with van der Waals surface area (Å²) in [5.41, 5.74) is 1.05. The molecule has 1 heterocycles. The maximum Gasteiger partial charge on any atom is 0.357 e. The lowest BCUT2D eigenvalue weighted by molar-refractivity contribution is -0.385. The van der Waals surface area contributed by atoms with Crippen molar-refractivity contribution in [2.75, 3.05) is 19.0 Å². The van der Waals surface area contributed by atoms with E-state index in [1.807, 2.05) is 6.92 Å². The Morgan fingerprint density at radius 1 is 1.34 bits per heavy atom. The van der Waals surface area contributed by atoms with Crippen molar-refractivity contribution in [2.24, 2.45) is 0 Å². The van der Waals surface area contributed by atoms with Gasteiger partial charge in [0.1, 0.15) is 11.6 Å². The van der Waals surface area contributed by atoms with Gasteiger partial charge in [-0.05, 0) is 25.8 Å². The van der Waals surface area contributed by atoms with Gasteiger partial charge < -0.3 is 14.8 Å². The zero-order valence-electron chi connectivity index (χ0n) is 16.3. The summed E-state index contributed by atoms with van der Waals surface area (Å²) in [6.45, 7) is 2.46. The molecule has 152 valence electrons. The molecule has 0 atom stereocenters. The van der Waals surface area contributed by atoms with Gasteiger partial charge in [-0.25, -0.2) is 14.8 Å². The molecule has 0 unspecified atom stereocenters. The molecule has 0 saturated heterocycles. The number of aromatic nitrogens is 2. The van der Waals surface area contributed by atoms with E-state index in [0.29, 0.717) is 29.4 Å². The minimum atomic E-state index is -0.584. The molecule has 1 aromatic carbocycles. The fraction of sp³-hybridized carbons (Fsp3) is 0.350. The van der Waals surface area contributed by atoms with Gasteiger partial charge in [-0.1, -0.05) is 18.2 Å². The van der Waals surface area contributed by atoms with Gasteiger partial charge in [0.25, 0.3) is 5.69 Å². The van der Waals surface area contributed by atoms with E-state index in [2.05, 4.69) is 15.3 Å². The first-order valence-corrected chi connectivity index (χ1v) is 9.29. The number of carbonyl (C=O) groups excluding carboxylic acids is 1. The van der Waals surface area contributed by atoms with E-state index in [-0.39, 0.29) is 23.8 Å². The largest absolute Gasteiger partial charge is 0.501 e. The summed E-state index contributed by atoms with van der Waals surface area (Å²) in [5, 5.41) is 14.4. The molecule has 1 aromatic heterocycles. The highest BCUT2D eigenvalue weighted by Crippen LogP contribution is 2.39. The van der Waals surface area contributed by atoms with Gasteiger partial charge in [-0.3, -0.25) is 10.1 Å². The second kappa shape index (κ2) is 9.13. The topological polar surface area (TPSA) is 116 Å². The van der Waals surface area contributed by atoms with Gasteiger partial charge in [0.05, 0.1) is 30.5 Å². The molecule has 29 heavy (non-hydrogen) atoms. The molecule has 0 amide bonds. The molecule has 9 nitrogen and oxygen atoms in total. The van der Waals surface area contributed by atoms with Gasteiger partial charge in [0, 0.05) is 24.1 Å². The number of nitrogens with one attached hydrogen (secondary N) is 1. The van der Waals surface area contributed by atoms with Crippen molar-refractivity contribution in [3.8, 4) is 0 Å². The van der Waals surface area contributed by atoms with Crippen LogP contribution in [-0.4, -0.2) is 34.6 Å². The molecule has 0 aliphatic heterocycles. The van der Waals surface area contributed by atoms with Gasteiger partial charge in [0.15, 0.2) is 5.69 Å². The highest BCUT2D eigenvalue weighted by molar-refractivity contribution is 5.93. The highest BCUT2D eigenvalue weighted by Gasteiger charge is 2.30. The van der Waals surface area contributed by atoms with E-state index >= 15 is 0 Å². The molecule has 0 spiro atoms. The molecule has 9 heteroatoms. The maximum atomic E-state index is 12.3. The molecule has 1 saturated carbocycles. The summed E-state index contributed by atoms with van der Waals surface area (Å²) in [6.07, 6.45) is 4.96. The molecule has 2 aromatic rings. The number of hydrogen-bond acceptors (Lipinski definition) is 8.